The summed E-state index contributed by atoms with van der Waals surface area (Å²) in [6.45, 7) is 0.309. The number of carbonyl (C=O) groups is 1. The highest BCUT2D eigenvalue weighted by molar-refractivity contribution is 5.90. The number of halogens is 4. The van der Waals surface area contributed by atoms with Crippen LogP contribution in [-0.2, 0) is 0 Å². The third kappa shape index (κ3) is 3.20. The first-order chi connectivity index (χ1) is 11.5. The van der Waals surface area contributed by atoms with E-state index >= 15 is 0 Å². The fourth-order valence-electron chi connectivity index (χ4n) is 2.88. The summed E-state index contributed by atoms with van der Waals surface area (Å²) in [6.07, 6.45) is 1.05. The maximum Gasteiger partial charge on any atom is 0.322 e. The SMILES string of the molecule is O=C(Nc1cc(F)ccc1F)N1CCCC1c1cc(F)ccc1F. The average Bonchev–Trinajstić information content (AvgIpc) is 3.02. The van der Waals surface area contributed by atoms with Crippen molar-refractivity contribution in [3.8, 4) is 0 Å². The van der Waals surface area contributed by atoms with Gasteiger partial charge in [0.1, 0.15) is 23.3 Å². The van der Waals surface area contributed by atoms with Crippen LogP contribution in [0.25, 0.3) is 0 Å². The molecule has 0 spiro atoms. The smallest absolute Gasteiger partial charge is 0.317 e. The normalized spacial score (nSPS) is 17.2. The van der Waals surface area contributed by atoms with E-state index in [-0.39, 0.29) is 11.3 Å². The van der Waals surface area contributed by atoms with E-state index in [0.717, 1.165) is 36.4 Å². The minimum absolute atomic E-state index is 0.0716. The van der Waals surface area contributed by atoms with Crippen molar-refractivity contribution in [1.29, 1.82) is 0 Å². The summed E-state index contributed by atoms with van der Waals surface area (Å²) < 4.78 is 54.2. The van der Waals surface area contributed by atoms with Crippen molar-refractivity contribution in [3.05, 3.63) is 65.2 Å². The quantitative estimate of drug-likeness (QED) is 0.797. The third-order valence-corrected chi connectivity index (χ3v) is 4.00. The van der Waals surface area contributed by atoms with Crippen molar-refractivity contribution in [2.24, 2.45) is 0 Å². The van der Waals surface area contributed by atoms with Crippen molar-refractivity contribution in [2.45, 2.75) is 18.9 Å². The predicted molar refractivity (Wildman–Crippen MR) is 80.4 cm³/mol. The van der Waals surface area contributed by atoms with Gasteiger partial charge in [-0.3, -0.25) is 0 Å². The molecule has 0 aromatic heterocycles. The van der Waals surface area contributed by atoms with Crippen molar-refractivity contribution in [1.82, 2.24) is 4.90 Å². The maximum absolute atomic E-state index is 14.0. The Balaban J connectivity index is 1.83. The minimum Gasteiger partial charge on any atom is -0.317 e. The van der Waals surface area contributed by atoms with E-state index in [1.165, 1.54) is 4.90 Å². The third-order valence-electron chi connectivity index (χ3n) is 4.00. The van der Waals surface area contributed by atoms with Crippen LogP contribution in [0.3, 0.4) is 0 Å². The molecule has 0 saturated carbocycles. The molecule has 126 valence electrons. The summed E-state index contributed by atoms with van der Waals surface area (Å²) in [5.74, 6) is -2.69. The first kappa shape index (κ1) is 16.3. The Morgan fingerprint density at radius 3 is 2.42 bits per heavy atom. The maximum atomic E-state index is 14.0. The van der Waals surface area contributed by atoms with Crippen LogP contribution < -0.4 is 5.32 Å². The van der Waals surface area contributed by atoms with Gasteiger partial charge in [-0.05, 0) is 43.2 Å². The van der Waals surface area contributed by atoms with Crippen LogP contribution in [0.15, 0.2) is 36.4 Å². The minimum atomic E-state index is -0.780. The van der Waals surface area contributed by atoms with Gasteiger partial charge in [0.05, 0.1) is 11.7 Å². The number of rotatable bonds is 2. The van der Waals surface area contributed by atoms with E-state index in [1.54, 1.807) is 0 Å². The molecule has 1 heterocycles. The monoisotopic (exact) mass is 338 g/mol. The molecule has 2 aromatic carbocycles. The zero-order chi connectivity index (χ0) is 17.3. The molecule has 7 heteroatoms. The summed E-state index contributed by atoms with van der Waals surface area (Å²) in [5.41, 5.74) is -0.229. The molecule has 24 heavy (non-hydrogen) atoms. The van der Waals surface area contributed by atoms with Gasteiger partial charge in [-0.15, -0.1) is 0 Å². The van der Waals surface area contributed by atoms with Gasteiger partial charge in [-0.25, -0.2) is 22.4 Å². The molecule has 2 amide bonds. The Hall–Kier alpha value is -2.57. The lowest BCUT2D eigenvalue weighted by Crippen LogP contribution is -2.35. The van der Waals surface area contributed by atoms with E-state index in [1.807, 2.05) is 0 Å². The Morgan fingerprint density at radius 2 is 1.67 bits per heavy atom. The van der Waals surface area contributed by atoms with E-state index in [2.05, 4.69) is 5.32 Å². The van der Waals surface area contributed by atoms with Gasteiger partial charge in [0.15, 0.2) is 0 Å². The van der Waals surface area contributed by atoms with Crippen molar-refractivity contribution in [3.63, 3.8) is 0 Å². The van der Waals surface area contributed by atoms with E-state index in [4.69, 9.17) is 0 Å². The number of anilines is 1. The lowest BCUT2D eigenvalue weighted by atomic mass is 10.0. The largest absolute Gasteiger partial charge is 0.322 e. The lowest BCUT2D eigenvalue weighted by molar-refractivity contribution is 0.206. The molecule has 0 aliphatic carbocycles. The first-order valence-electron chi connectivity index (χ1n) is 7.43. The topological polar surface area (TPSA) is 32.3 Å². The van der Waals surface area contributed by atoms with Crippen molar-refractivity contribution < 1.29 is 22.4 Å². The average molecular weight is 338 g/mol. The molecule has 1 fully saturated rings. The van der Waals surface area contributed by atoms with Crippen LogP contribution in [0.1, 0.15) is 24.4 Å². The molecule has 1 N–H and O–H groups in total. The first-order valence-corrected chi connectivity index (χ1v) is 7.43. The number of carbonyl (C=O) groups excluding carboxylic acids is 1. The van der Waals surface area contributed by atoms with Gasteiger partial charge in [0, 0.05) is 18.2 Å². The molecular formula is C17H14F4N2O. The van der Waals surface area contributed by atoms with Gasteiger partial charge >= 0.3 is 6.03 Å². The number of nitrogens with one attached hydrogen (secondary N) is 1. The standard InChI is InChI=1S/C17H14F4N2O/c18-10-3-5-13(20)12(8-10)16-2-1-7-23(16)17(24)22-15-9-11(19)4-6-14(15)21/h3-6,8-9,16H,1-2,7H2,(H,22,24). The van der Waals surface area contributed by atoms with E-state index in [9.17, 15) is 22.4 Å². The molecule has 1 saturated heterocycles. The fraction of sp³-hybridized carbons (Fsp3) is 0.235. The number of nitrogens with zero attached hydrogens (tertiary/aromatic N) is 1. The second-order valence-corrected chi connectivity index (χ2v) is 5.57. The van der Waals surface area contributed by atoms with Crippen LogP contribution in [0.4, 0.5) is 28.0 Å². The van der Waals surface area contributed by atoms with Gasteiger partial charge in [0.2, 0.25) is 0 Å². The molecule has 1 aliphatic heterocycles. The number of likely N-dealkylation sites (tertiary alicyclic amines) is 1. The number of hydrogen-bond donors (Lipinski definition) is 1. The molecule has 2 aromatic rings. The van der Waals surface area contributed by atoms with Crippen LogP contribution in [0, 0.1) is 23.3 Å². The van der Waals surface area contributed by atoms with Crippen LogP contribution >= 0.6 is 0 Å². The van der Waals surface area contributed by atoms with Crippen LogP contribution in [0.5, 0.6) is 0 Å². The fourth-order valence-corrected chi connectivity index (χ4v) is 2.88. The second kappa shape index (κ2) is 6.51. The molecule has 0 radical (unpaired) electrons. The second-order valence-electron chi connectivity index (χ2n) is 5.57. The van der Waals surface area contributed by atoms with Gasteiger partial charge in [0.25, 0.3) is 0 Å². The molecule has 3 rings (SSSR count). The zero-order valence-electron chi connectivity index (χ0n) is 12.5. The summed E-state index contributed by atoms with van der Waals surface area (Å²) >= 11 is 0. The van der Waals surface area contributed by atoms with Gasteiger partial charge in [-0.2, -0.15) is 0 Å². The highest BCUT2D eigenvalue weighted by Gasteiger charge is 2.32. The number of amides is 2. The highest BCUT2D eigenvalue weighted by atomic mass is 19.1. The lowest BCUT2D eigenvalue weighted by Gasteiger charge is -2.25. The summed E-state index contributed by atoms with van der Waals surface area (Å²) in [5, 5.41) is 2.28. The van der Waals surface area contributed by atoms with Gasteiger partial charge < -0.3 is 10.2 Å². The van der Waals surface area contributed by atoms with Crippen molar-refractivity contribution in [2.75, 3.05) is 11.9 Å². The molecule has 1 atom stereocenters. The predicted octanol–water partition coefficient (Wildman–Crippen LogP) is 4.61. The Bertz CT molecular complexity index is 781. The summed E-state index contributed by atoms with van der Waals surface area (Å²) in [6, 6.07) is 4.41. The summed E-state index contributed by atoms with van der Waals surface area (Å²) in [4.78, 5) is 13.7. The molecule has 0 bridgehead atoms. The number of benzene rings is 2. The van der Waals surface area contributed by atoms with E-state index < -0.39 is 35.3 Å². The zero-order valence-corrected chi connectivity index (χ0v) is 12.5. The van der Waals surface area contributed by atoms with Crippen LogP contribution in [0.2, 0.25) is 0 Å². The highest BCUT2D eigenvalue weighted by Crippen LogP contribution is 2.34. The van der Waals surface area contributed by atoms with Crippen LogP contribution in [-0.4, -0.2) is 17.5 Å². The van der Waals surface area contributed by atoms with Gasteiger partial charge in [-0.1, -0.05) is 0 Å². The van der Waals surface area contributed by atoms with Crippen molar-refractivity contribution >= 4 is 11.7 Å². The Morgan fingerprint density at radius 1 is 1.00 bits per heavy atom. The molecule has 1 aliphatic rings. The number of urea groups is 1. The molecular weight excluding hydrogens is 324 g/mol. The van der Waals surface area contributed by atoms with E-state index in [0.29, 0.717) is 19.4 Å². The Kier molecular flexibility index (Phi) is 4.42. The summed E-state index contributed by atoms with van der Waals surface area (Å²) in [7, 11) is 0. The molecule has 1 unspecified atom stereocenters. The number of hydrogen-bond acceptors (Lipinski definition) is 1. The Labute approximate surface area is 135 Å². The molecule has 3 nitrogen and oxygen atoms in total.